The Morgan fingerprint density at radius 1 is 1.11 bits per heavy atom. The molecule has 2 aromatic rings. The van der Waals surface area contributed by atoms with E-state index < -0.39 is 0 Å². The molecule has 0 saturated carbocycles. The number of pyridine rings is 1. The lowest BCUT2D eigenvalue weighted by Crippen LogP contribution is -2.14. The molecular formula is C14H15FN2O. The molecule has 0 radical (unpaired) electrons. The predicted octanol–water partition coefficient (Wildman–Crippen LogP) is 2.52. The molecule has 1 heterocycles. The van der Waals surface area contributed by atoms with Crippen LogP contribution in [0, 0.1) is 12.7 Å². The zero-order valence-electron chi connectivity index (χ0n) is 10.2. The Kier molecular flexibility index (Phi) is 3.89. The molecule has 0 amide bonds. The molecule has 0 bridgehead atoms. The first-order valence-electron chi connectivity index (χ1n) is 5.76. The monoisotopic (exact) mass is 246 g/mol. The van der Waals surface area contributed by atoms with Crippen molar-refractivity contribution in [2.45, 2.75) is 20.0 Å². The quantitative estimate of drug-likeness (QED) is 0.871. The van der Waals surface area contributed by atoms with Crippen molar-refractivity contribution < 1.29 is 9.50 Å². The van der Waals surface area contributed by atoms with E-state index in [1.807, 2.05) is 6.92 Å². The Balaban J connectivity index is 1.92. The van der Waals surface area contributed by atoms with Gasteiger partial charge in [0, 0.05) is 18.8 Å². The summed E-state index contributed by atoms with van der Waals surface area (Å²) in [5, 5.41) is 12.8. The first kappa shape index (κ1) is 12.5. The summed E-state index contributed by atoms with van der Waals surface area (Å²) in [4.78, 5) is 4.25. The minimum Gasteiger partial charge on any atom is -0.506 e. The molecule has 0 aliphatic carbocycles. The molecule has 0 fully saturated rings. The first-order chi connectivity index (χ1) is 8.65. The molecule has 1 aromatic heterocycles. The molecule has 1 aromatic carbocycles. The molecule has 0 spiro atoms. The lowest BCUT2D eigenvalue weighted by atomic mass is 10.2. The number of aryl methyl sites for hydroxylation is 1. The Hall–Kier alpha value is -1.94. The highest BCUT2D eigenvalue weighted by Crippen LogP contribution is 2.14. The van der Waals surface area contributed by atoms with Crippen LogP contribution < -0.4 is 5.32 Å². The van der Waals surface area contributed by atoms with Crippen molar-refractivity contribution in [3.05, 3.63) is 59.2 Å². The molecule has 0 unspecified atom stereocenters. The number of benzene rings is 1. The van der Waals surface area contributed by atoms with Gasteiger partial charge in [-0.3, -0.25) is 4.98 Å². The van der Waals surface area contributed by atoms with E-state index in [9.17, 15) is 9.50 Å². The van der Waals surface area contributed by atoms with Crippen molar-refractivity contribution in [3.8, 4) is 5.75 Å². The Morgan fingerprint density at radius 3 is 2.56 bits per heavy atom. The van der Waals surface area contributed by atoms with Gasteiger partial charge in [-0.25, -0.2) is 4.39 Å². The third-order valence-corrected chi connectivity index (χ3v) is 2.62. The van der Waals surface area contributed by atoms with Crippen LogP contribution in [0.2, 0.25) is 0 Å². The lowest BCUT2D eigenvalue weighted by Gasteiger charge is -2.07. The third kappa shape index (κ3) is 3.28. The average Bonchev–Trinajstić information content (AvgIpc) is 2.36. The number of nitrogens with one attached hydrogen (secondary N) is 1. The highest BCUT2D eigenvalue weighted by molar-refractivity contribution is 5.27. The van der Waals surface area contributed by atoms with E-state index in [-0.39, 0.29) is 11.6 Å². The summed E-state index contributed by atoms with van der Waals surface area (Å²) in [6, 6.07) is 9.71. The number of nitrogens with zero attached hydrogens (tertiary/aromatic N) is 1. The van der Waals surface area contributed by atoms with Crippen molar-refractivity contribution in [1.82, 2.24) is 10.3 Å². The van der Waals surface area contributed by atoms with Crippen LogP contribution in [0.15, 0.2) is 36.4 Å². The fourth-order valence-electron chi connectivity index (χ4n) is 1.66. The van der Waals surface area contributed by atoms with Gasteiger partial charge in [0.2, 0.25) is 0 Å². The van der Waals surface area contributed by atoms with Crippen LogP contribution in [0.4, 0.5) is 4.39 Å². The highest BCUT2D eigenvalue weighted by Gasteiger charge is 2.02. The fourth-order valence-corrected chi connectivity index (χ4v) is 1.66. The van der Waals surface area contributed by atoms with E-state index in [4.69, 9.17) is 0 Å². The first-order valence-corrected chi connectivity index (χ1v) is 5.76. The number of aromatic hydroxyl groups is 1. The minimum atomic E-state index is -0.239. The predicted molar refractivity (Wildman–Crippen MR) is 67.6 cm³/mol. The summed E-state index contributed by atoms with van der Waals surface area (Å²) >= 11 is 0. The molecular weight excluding hydrogens is 231 g/mol. The Morgan fingerprint density at radius 2 is 1.83 bits per heavy atom. The summed E-state index contributed by atoms with van der Waals surface area (Å²) in [5.74, 6) is -0.0519. The van der Waals surface area contributed by atoms with Gasteiger partial charge in [-0.1, -0.05) is 12.1 Å². The van der Waals surface area contributed by atoms with Gasteiger partial charge in [0.05, 0.1) is 5.69 Å². The van der Waals surface area contributed by atoms with E-state index in [2.05, 4.69) is 10.3 Å². The molecule has 2 N–H and O–H groups in total. The summed E-state index contributed by atoms with van der Waals surface area (Å²) in [6.45, 7) is 2.96. The maximum absolute atomic E-state index is 12.7. The molecule has 3 nitrogen and oxygen atoms in total. The van der Waals surface area contributed by atoms with E-state index >= 15 is 0 Å². The average molecular weight is 246 g/mol. The molecule has 0 atom stereocenters. The standard InChI is InChI=1S/C14H15FN2O/c1-10-2-7-14(18)13(17-10)9-16-8-11-3-5-12(15)6-4-11/h2-7,16,18H,8-9H2,1H3. The lowest BCUT2D eigenvalue weighted by molar-refractivity contribution is 0.459. The van der Waals surface area contributed by atoms with Gasteiger partial charge in [-0.05, 0) is 36.8 Å². The number of hydrogen-bond acceptors (Lipinski definition) is 3. The number of halogens is 1. The highest BCUT2D eigenvalue weighted by atomic mass is 19.1. The van der Waals surface area contributed by atoms with E-state index in [1.54, 1.807) is 24.3 Å². The fraction of sp³-hybridized carbons (Fsp3) is 0.214. The van der Waals surface area contributed by atoms with Gasteiger partial charge in [0.15, 0.2) is 0 Å². The number of aromatic nitrogens is 1. The van der Waals surface area contributed by atoms with Gasteiger partial charge in [-0.15, -0.1) is 0 Å². The summed E-state index contributed by atoms with van der Waals surface area (Å²) in [6.07, 6.45) is 0. The topological polar surface area (TPSA) is 45.1 Å². The summed E-state index contributed by atoms with van der Waals surface area (Å²) < 4.78 is 12.7. The van der Waals surface area contributed by atoms with E-state index in [0.29, 0.717) is 18.8 Å². The molecule has 4 heteroatoms. The molecule has 2 rings (SSSR count). The molecule has 94 valence electrons. The smallest absolute Gasteiger partial charge is 0.138 e. The molecule has 0 aliphatic rings. The van der Waals surface area contributed by atoms with Crippen molar-refractivity contribution in [1.29, 1.82) is 0 Å². The Labute approximate surface area is 105 Å². The van der Waals surface area contributed by atoms with Crippen LogP contribution >= 0.6 is 0 Å². The van der Waals surface area contributed by atoms with Gasteiger partial charge in [-0.2, -0.15) is 0 Å². The third-order valence-electron chi connectivity index (χ3n) is 2.62. The molecule has 18 heavy (non-hydrogen) atoms. The second-order valence-electron chi connectivity index (χ2n) is 4.15. The van der Waals surface area contributed by atoms with Crippen molar-refractivity contribution in [2.75, 3.05) is 0 Å². The number of hydrogen-bond donors (Lipinski definition) is 2. The molecule has 0 aliphatic heterocycles. The van der Waals surface area contributed by atoms with Crippen LogP contribution in [0.5, 0.6) is 5.75 Å². The maximum atomic E-state index is 12.7. The van der Waals surface area contributed by atoms with Crippen molar-refractivity contribution >= 4 is 0 Å². The van der Waals surface area contributed by atoms with Gasteiger partial charge < -0.3 is 10.4 Å². The van der Waals surface area contributed by atoms with Crippen LogP contribution in [-0.4, -0.2) is 10.1 Å². The summed E-state index contributed by atoms with van der Waals surface area (Å²) in [7, 11) is 0. The van der Waals surface area contributed by atoms with Crippen LogP contribution in [0.25, 0.3) is 0 Å². The van der Waals surface area contributed by atoms with Gasteiger partial charge in [0.25, 0.3) is 0 Å². The van der Waals surface area contributed by atoms with Crippen LogP contribution in [-0.2, 0) is 13.1 Å². The SMILES string of the molecule is Cc1ccc(O)c(CNCc2ccc(F)cc2)n1. The van der Waals surface area contributed by atoms with E-state index in [0.717, 1.165) is 11.3 Å². The largest absolute Gasteiger partial charge is 0.506 e. The van der Waals surface area contributed by atoms with Crippen LogP contribution in [0.3, 0.4) is 0 Å². The second kappa shape index (κ2) is 5.60. The second-order valence-corrected chi connectivity index (χ2v) is 4.15. The normalized spacial score (nSPS) is 10.6. The van der Waals surface area contributed by atoms with Crippen LogP contribution in [0.1, 0.15) is 17.0 Å². The van der Waals surface area contributed by atoms with Gasteiger partial charge >= 0.3 is 0 Å². The van der Waals surface area contributed by atoms with E-state index in [1.165, 1.54) is 12.1 Å². The minimum absolute atomic E-state index is 0.187. The zero-order valence-corrected chi connectivity index (χ0v) is 10.2. The number of rotatable bonds is 4. The molecule has 0 saturated heterocycles. The van der Waals surface area contributed by atoms with Crippen molar-refractivity contribution in [3.63, 3.8) is 0 Å². The van der Waals surface area contributed by atoms with Gasteiger partial charge in [0.1, 0.15) is 11.6 Å². The Bertz CT molecular complexity index is 526. The maximum Gasteiger partial charge on any atom is 0.138 e. The zero-order chi connectivity index (χ0) is 13.0. The summed E-state index contributed by atoms with van der Waals surface area (Å²) in [5.41, 5.74) is 2.48. The van der Waals surface area contributed by atoms with Crippen molar-refractivity contribution in [2.24, 2.45) is 0 Å².